The van der Waals surface area contributed by atoms with Crippen LogP contribution in [-0.2, 0) is 12.0 Å². The van der Waals surface area contributed by atoms with Gasteiger partial charge in [0.25, 0.3) is 0 Å². The van der Waals surface area contributed by atoms with E-state index in [1.165, 1.54) is 5.56 Å². The van der Waals surface area contributed by atoms with Crippen molar-refractivity contribution in [3.63, 3.8) is 0 Å². The molecule has 1 aliphatic carbocycles. The predicted molar refractivity (Wildman–Crippen MR) is 52.3 cm³/mol. The largest absolute Gasteiger partial charge is 0.384 e. The SMILES string of the molecule is NC[C@@]1(O)CCCc2ccccc21. The van der Waals surface area contributed by atoms with Gasteiger partial charge in [-0.3, -0.25) is 0 Å². The van der Waals surface area contributed by atoms with Gasteiger partial charge in [0.1, 0.15) is 5.60 Å². The molecule has 0 amide bonds. The maximum Gasteiger partial charge on any atom is 0.102 e. The van der Waals surface area contributed by atoms with Crippen molar-refractivity contribution in [2.24, 2.45) is 5.73 Å². The van der Waals surface area contributed by atoms with Crippen molar-refractivity contribution >= 4 is 0 Å². The van der Waals surface area contributed by atoms with E-state index in [1.807, 2.05) is 18.2 Å². The number of benzene rings is 1. The lowest BCUT2D eigenvalue weighted by Crippen LogP contribution is -2.38. The monoisotopic (exact) mass is 177 g/mol. The van der Waals surface area contributed by atoms with E-state index < -0.39 is 5.60 Å². The zero-order valence-corrected chi connectivity index (χ0v) is 7.66. The third kappa shape index (κ3) is 1.36. The fourth-order valence-corrected chi connectivity index (χ4v) is 2.11. The summed E-state index contributed by atoms with van der Waals surface area (Å²) in [5.74, 6) is 0. The second kappa shape index (κ2) is 3.13. The van der Waals surface area contributed by atoms with Crippen molar-refractivity contribution in [1.29, 1.82) is 0 Å². The van der Waals surface area contributed by atoms with E-state index in [-0.39, 0.29) is 0 Å². The van der Waals surface area contributed by atoms with Crippen LogP contribution in [0.25, 0.3) is 0 Å². The van der Waals surface area contributed by atoms with Gasteiger partial charge in [-0.2, -0.15) is 0 Å². The van der Waals surface area contributed by atoms with Crippen LogP contribution < -0.4 is 5.73 Å². The summed E-state index contributed by atoms with van der Waals surface area (Å²) in [5, 5.41) is 10.2. The quantitative estimate of drug-likeness (QED) is 0.676. The number of rotatable bonds is 1. The highest BCUT2D eigenvalue weighted by molar-refractivity contribution is 5.34. The number of hydrogen-bond acceptors (Lipinski definition) is 2. The van der Waals surface area contributed by atoms with E-state index in [0.717, 1.165) is 24.8 Å². The molecule has 0 bridgehead atoms. The van der Waals surface area contributed by atoms with Gasteiger partial charge in [-0.25, -0.2) is 0 Å². The highest BCUT2D eigenvalue weighted by Gasteiger charge is 2.32. The third-order valence-electron chi connectivity index (χ3n) is 2.89. The fourth-order valence-electron chi connectivity index (χ4n) is 2.11. The van der Waals surface area contributed by atoms with Crippen LogP contribution in [0.1, 0.15) is 24.0 Å². The van der Waals surface area contributed by atoms with Crippen molar-refractivity contribution in [3.8, 4) is 0 Å². The van der Waals surface area contributed by atoms with E-state index in [2.05, 4.69) is 6.07 Å². The molecule has 0 fully saturated rings. The van der Waals surface area contributed by atoms with Crippen LogP contribution in [0.15, 0.2) is 24.3 Å². The van der Waals surface area contributed by atoms with Crippen molar-refractivity contribution < 1.29 is 5.11 Å². The van der Waals surface area contributed by atoms with Crippen LogP contribution in [-0.4, -0.2) is 11.7 Å². The van der Waals surface area contributed by atoms with Crippen molar-refractivity contribution in [1.82, 2.24) is 0 Å². The first-order chi connectivity index (χ1) is 6.26. The molecule has 0 saturated heterocycles. The van der Waals surface area contributed by atoms with Gasteiger partial charge in [-0.1, -0.05) is 24.3 Å². The van der Waals surface area contributed by atoms with Crippen molar-refractivity contribution in [2.45, 2.75) is 24.9 Å². The van der Waals surface area contributed by atoms with E-state index >= 15 is 0 Å². The molecular weight excluding hydrogens is 162 g/mol. The lowest BCUT2D eigenvalue weighted by Gasteiger charge is -2.33. The third-order valence-corrected chi connectivity index (χ3v) is 2.89. The lowest BCUT2D eigenvalue weighted by atomic mass is 9.79. The first kappa shape index (κ1) is 8.73. The summed E-state index contributed by atoms with van der Waals surface area (Å²) < 4.78 is 0. The maximum atomic E-state index is 10.2. The van der Waals surface area contributed by atoms with Crippen LogP contribution in [0, 0.1) is 0 Å². The van der Waals surface area contributed by atoms with Gasteiger partial charge < -0.3 is 10.8 Å². The van der Waals surface area contributed by atoms with Crippen LogP contribution in [0.5, 0.6) is 0 Å². The van der Waals surface area contributed by atoms with Gasteiger partial charge in [-0.05, 0) is 30.4 Å². The van der Waals surface area contributed by atoms with Gasteiger partial charge in [0.2, 0.25) is 0 Å². The zero-order valence-electron chi connectivity index (χ0n) is 7.66. The number of nitrogens with two attached hydrogens (primary N) is 1. The van der Waals surface area contributed by atoms with E-state index in [4.69, 9.17) is 5.73 Å². The number of fused-ring (bicyclic) bond motifs is 1. The summed E-state index contributed by atoms with van der Waals surface area (Å²) in [5.41, 5.74) is 7.12. The minimum absolute atomic E-state index is 0.323. The minimum Gasteiger partial charge on any atom is -0.384 e. The molecule has 0 unspecified atom stereocenters. The average Bonchev–Trinajstić information content (AvgIpc) is 2.19. The Morgan fingerprint density at radius 2 is 2.15 bits per heavy atom. The fraction of sp³-hybridized carbons (Fsp3) is 0.455. The molecular formula is C11H15NO. The van der Waals surface area contributed by atoms with Gasteiger partial charge >= 0.3 is 0 Å². The minimum atomic E-state index is -0.769. The Labute approximate surface area is 78.4 Å². The van der Waals surface area contributed by atoms with Crippen LogP contribution in [0.4, 0.5) is 0 Å². The maximum absolute atomic E-state index is 10.2. The highest BCUT2D eigenvalue weighted by atomic mass is 16.3. The summed E-state index contributed by atoms with van der Waals surface area (Å²) in [6.45, 7) is 0.323. The van der Waals surface area contributed by atoms with Crippen LogP contribution in [0.3, 0.4) is 0 Å². The molecule has 2 heteroatoms. The molecule has 0 heterocycles. The van der Waals surface area contributed by atoms with Crippen LogP contribution in [0.2, 0.25) is 0 Å². The second-order valence-corrected chi connectivity index (χ2v) is 3.75. The number of aryl methyl sites for hydroxylation is 1. The van der Waals surface area contributed by atoms with E-state index in [0.29, 0.717) is 6.54 Å². The highest BCUT2D eigenvalue weighted by Crippen LogP contribution is 2.33. The Morgan fingerprint density at radius 1 is 1.38 bits per heavy atom. The number of aliphatic hydroxyl groups is 1. The van der Waals surface area contributed by atoms with Gasteiger partial charge in [0.15, 0.2) is 0 Å². The summed E-state index contributed by atoms with van der Waals surface area (Å²) in [6, 6.07) is 8.04. The molecule has 0 spiro atoms. The number of hydrogen-bond donors (Lipinski definition) is 2. The second-order valence-electron chi connectivity index (χ2n) is 3.75. The Kier molecular flexibility index (Phi) is 2.10. The normalized spacial score (nSPS) is 26.9. The Morgan fingerprint density at radius 3 is 2.92 bits per heavy atom. The van der Waals surface area contributed by atoms with Gasteiger partial charge in [0.05, 0.1) is 0 Å². The summed E-state index contributed by atoms with van der Waals surface area (Å²) in [4.78, 5) is 0. The lowest BCUT2D eigenvalue weighted by molar-refractivity contribution is 0.0280. The molecule has 0 saturated carbocycles. The molecule has 0 aliphatic heterocycles. The first-order valence-corrected chi connectivity index (χ1v) is 4.77. The van der Waals surface area contributed by atoms with Crippen molar-refractivity contribution in [2.75, 3.05) is 6.54 Å². The van der Waals surface area contributed by atoms with Gasteiger partial charge in [-0.15, -0.1) is 0 Å². The molecule has 70 valence electrons. The van der Waals surface area contributed by atoms with Crippen LogP contribution >= 0.6 is 0 Å². The summed E-state index contributed by atoms with van der Waals surface area (Å²) in [7, 11) is 0. The Hall–Kier alpha value is -0.860. The molecule has 0 radical (unpaired) electrons. The smallest absolute Gasteiger partial charge is 0.102 e. The average molecular weight is 177 g/mol. The van der Waals surface area contributed by atoms with E-state index in [1.54, 1.807) is 0 Å². The van der Waals surface area contributed by atoms with Gasteiger partial charge in [0, 0.05) is 6.54 Å². The molecule has 1 atom stereocenters. The summed E-state index contributed by atoms with van der Waals surface area (Å²) in [6.07, 6.45) is 2.89. The van der Waals surface area contributed by atoms with Crippen molar-refractivity contribution in [3.05, 3.63) is 35.4 Å². The first-order valence-electron chi connectivity index (χ1n) is 4.77. The predicted octanol–water partition coefficient (Wildman–Crippen LogP) is 1.17. The standard InChI is InChI=1S/C11H15NO/c12-8-11(13)7-3-5-9-4-1-2-6-10(9)11/h1-2,4,6,13H,3,5,7-8,12H2/t11-/m0/s1. The molecule has 1 aromatic rings. The zero-order chi connectivity index (χ0) is 9.31. The molecule has 3 N–H and O–H groups in total. The molecule has 13 heavy (non-hydrogen) atoms. The van der Waals surface area contributed by atoms with E-state index in [9.17, 15) is 5.11 Å². The molecule has 1 aliphatic rings. The Balaban J connectivity index is 2.48. The molecule has 1 aromatic carbocycles. The molecule has 2 rings (SSSR count). The summed E-state index contributed by atoms with van der Waals surface area (Å²) >= 11 is 0. The Bertz CT molecular complexity index is 311. The molecule has 0 aromatic heterocycles. The topological polar surface area (TPSA) is 46.2 Å². The molecule has 2 nitrogen and oxygen atoms in total.